The molecule has 0 bridgehead atoms. The summed E-state index contributed by atoms with van der Waals surface area (Å²) in [6.45, 7) is 10.6. The number of rotatable bonds is 11. The first-order chi connectivity index (χ1) is 26.1. The van der Waals surface area contributed by atoms with Gasteiger partial charge < -0.3 is 19.3 Å². The summed E-state index contributed by atoms with van der Waals surface area (Å²) in [7, 11) is -3.88. The van der Waals surface area contributed by atoms with Crippen LogP contribution in [-0.4, -0.2) is 84.8 Å². The van der Waals surface area contributed by atoms with E-state index >= 15 is 0 Å². The number of allylic oxidation sites excluding steroid dienone is 1. The van der Waals surface area contributed by atoms with Crippen LogP contribution in [0.4, 0.5) is 16.2 Å². The molecule has 4 amide bonds. The van der Waals surface area contributed by atoms with Gasteiger partial charge in [0.2, 0.25) is 27.7 Å². The number of ketones is 1. The average molecular weight is 775 g/mol. The number of carbonyl (C=O) groups excluding carboxylic acids is 5. The fourth-order valence-electron chi connectivity index (χ4n) is 8.25. The van der Waals surface area contributed by atoms with Crippen molar-refractivity contribution in [2.45, 2.75) is 96.0 Å². The number of benzene rings is 2. The molecule has 4 fully saturated rings. The van der Waals surface area contributed by atoms with Gasteiger partial charge in [-0.2, -0.15) is 0 Å². The molecular weight excluding hydrogens is 725 g/mol. The van der Waals surface area contributed by atoms with Crippen molar-refractivity contribution in [2.75, 3.05) is 24.5 Å². The largest absolute Gasteiger partial charge is 0.453 e. The summed E-state index contributed by atoms with van der Waals surface area (Å²) in [6.07, 6.45) is 3.50. The van der Waals surface area contributed by atoms with Crippen LogP contribution >= 0.6 is 0 Å². The predicted octanol–water partition coefficient (Wildman–Crippen LogP) is 5.86. The number of hydrogen-bond donors (Lipinski definition) is 1. The van der Waals surface area contributed by atoms with Crippen molar-refractivity contribution in [2.24, 2.45) is 22.7 Å². The molecule has 294 valence electrons. The van der Waals surface area contributed by atoms with Crippen molar-refractivity contribution in [3.8, 4) is 11.5 Å². The molecule has 2 aliphatic carbocycles. The van der Waals surface area contributed by atoms with E-state index in [9.17, 15) is 32.4 Å². The predicted molar refractivity (Wildman–Crippen MR) is 204 cm³/mol. The maximum Gasteiger partial charge on any atom is 0.419 e. The second kappa shape index (κ2) is 14.7. The first-order valence-electron chi connectivity index (χ1n) is 19.3. The van der Waals surface area contributed by atoms with E-state index in [0.29, 0.717) is 48.8 Å². The van der Waals surface area contributed by atoms with E-state index in [1.807, 2.05) is 20.8 Å². The normalized spacial score (nSPS) is 25.1. The molecule has 14 heteroatoms. The van der Waals surface area contributed by atoms with Gasteiger partial charge in [0.25, 0.3) is 0 Å². The highest BCUT2D eigenvalue weighted by Gasteiger charge is 2.61. The summed E-state index contributed by atoms with van der Waals surface area (Å²) in [5, 5.41) is -0.629. The van der Waals surface area contributed by atoms with Gasteiger partial charge in [0.1, 0.15) is 6.10 Å². The molecule has 0 radical (unpaired) electrons. The van der Waals surface area contributed by atoms with E-state index in [1.165, 1.54) is 9.80 Å². The minimum atomic E-state index is -3.88. The average Bonchev–Trinajstić information content (AvgIpc) is 4.09. The van der Waals surface area contributed by atoms with E-state index in [-0.39, 0.29) is 38.1 Å². The minimum absolute atomic E-state index is 0.0439. The van der Waals surface area contributed by atoms with Gasteiger partial charge in [-0.1, -0.05) is 51.1 Å². The molecule has 3 aliphatic heterocycles. The zero-order chi connectivity index (χ0) is 39.3. The Morgan fingerprint density at radius 3 is 2.16 bits per heavy atom. The molecule has 0 spiro atoms. The smallest absolute Gasteiger partial charge is 0.419 e. The van der Waals surface area contributed by atoms with Gasteiger partial charge in [-0.25, -0.2) is 18.1 Å². The standard InChI is InChI=1S/C41H50N4O9S/c1-5-26-23-41(26,38(49)42-55(51,52)28-17-18-28)24-33(46)32-21-27(25-44(32)37(48)29(40(2,3)4)22-36(47)43-19-11-6-12-20-43)53-39(50)45-30-13-7-9-15-34(30)54-35-16-10-8-14-31(35)45/h5,7-10,13-16,26-29,32H,1,6,11-12,17-25H2,2-4H3,(H,42,49)/t26-,27-,29-,32+,41-/m1/s1. The van der Waals surface area contributed by atoms with Gasteiger partial charge in [0.05, 0.1) is 40.5 Å². The zero-order valence-corrected chi connectivity index (χ0v) is 32.5. The van der Waals surface area contributed by atoms with Crippen molar-refractivity contribution in [3.05, 3.63) is 61.2 Å². The summed E-state index contributed by atoms with van der Waals surface area (Å²) in [5.74, 6) is -2.06. The Labute approximate surface area is 322 Å². The Balaban J connectivity index is 1.16. The first kappa shape index (κ1) is 38.6. The third-order valence-corrected chi connectivity index (χ3v) is 13.6. The van der Waals surface area contributed by atoms with Crippen LogP contribution < -0.4 is 14.4 Å². The maximum atomic E-state index is 14.8. The van der Waals surface area contributed by atoms with Crippen LogP contribution in [0.3, 0.4) is 0 Å². The van der Waals surface area contributed by atoms with Crippen LogP contribution in [0.15, 0.2) is 61.2 Å². The number of Topliss-reactive ketones (excluding diaryl/α,β-unsaturated/α-hetero) is 1. The van der Waals surface area contributed by atoms with Crippen molar-refractivity contribution >= 4 is 51.0 Å². The lowest BCUT2D eigenvalue weighted by Crippen LogP contribution is -2.49. The number of nitrogens with one attached hydrogen (secondary N) is 1. The van der Waals surface area contributed by atoms with E-state index in [1.54, 1.807) is 59.5 Å². The third kappa shape index (κ3) is 7.74. The molecule has 13 nitrogen and oxygen atoms in total. The second-order valence-electron chi connectivity index (χ2n) is 16.7. The summed E-state index contributed by atoms with van der Waals surface area (Å²) >= 11 is 0. The number of piperidine rings is 1. The lowest BCUT2D eigenvalue weighted by molar-refractivity contribution is -0.148. The molecule has 2 aromatic rings. The fraction of sp³-hybridized carbons (Fsp3) is 0.537. The van der Waals surface area contributed by atoms with E-state index in [4.69, 9.17) is 9.47 Å². The molecule has 2 saturated heterocycles. The molecule has 5 atom stereocenters. The molecule has 0 unspecified atom stereocenters. The number of carbonyl (C=O) groups is 5. The van der Waals surface area contributed by atoms with Gasteiger partial charge >= 0.3 is 6.09 Å². The molecule has 2 saturated carbocycles. The molecule has 7 rings (SSSR count). The summed E-state index contributed by atoms with van der Waals surface area (Å²) < 4.78 is 39.9. The Bertz CT molecular complexity index is 1960. The fourth-order valence-corrected chi connectivity index (χ4v) is 9.63. The number of para-hydroxylation sites is 4. The van der Waals surface area contributed by atoms with Crippen LogP contribution in [0.25, 0.3) is 0 Å². The SMILES string of the molecule is C=C[C@@H]1C[C@]1(CC(=O)[C@@H]1C[C@@H](OC(=O)N2c3ccccc3Oc3ccccc32)CN1C(=O)[C@@H](CC(=O)N1CCCCC1)C(C)(C)C)C(=O)NS(=O)(=O)C1CC1. The van der Waals surface area contributed by atoms with Crippen molar-refractivity contribution in [3.63, 3.8) is 0 Å². The Morgan fingerprint density at radius 1 is 0.982 bits per heavy atom. The number of anilines is 2. The van der Waals surface area contributed by atoms with Gasteiger partial charge in [0, 0.05) is 32.4 Å². The van der Waals surface area contributed by atoms with Gasteiger partial charge in [0.15, 0.2) is 17.3 Å². The van der Waals surface area contributed by atoms with Crippen LogP contribution in [0.1, 0.15) is 78.6 Å². The Hall–Kier alpha value is -4.72. The topological polar surface area (TPSA) is 160 Å². The van der Waals surface area contributed by atoms with Crippen LogP contribution in [0.5, 0.6) is 11.5 Å². The van der Waals surface area contributed by atoms with E-state index < -0.39 is 73.8 Å². The lowest BCUT2D eigenvalue weighted by Gasteiger charge is -2.36. The quantitative estimate of drug-likeness (QED) is 0.276. The number of hydrogen-bond acceptors (Lipinski definition) is 9. The second-order valence-corrected chi connectivity index (χ2v) is 18.7. The van der Waals surface area contributed by atoms with Crippen molar-refractivity contribution < 1.29 is 41.9 Å². The van der Waals surface area contributed by atoms with Crippen LogP contribution in [-0.2, 0) is 33.9 Å². The van der Waals surface area contributed by atoms with E-state index in [2.05, 4.69) is 11.3 Å². The number of ether oxygens (including phenoxy) is 2. The van der Waals surface area contributed by atoms with Gasteiger partial charge in [-0.05, 0) is 74.1 Å². The van der Waals surface area contributed by atoms with Crippen LogP contribution in [0.2, 0.25) is 0 Å². The molecule has 2 aromatic carbocycles. The van der Waals surface area contributed by atoms with Gasteiger partial charge in [-0.15, -0.1) is 6.58 Å². The monoisotopic (exact) mass is 774 g/mol. The number of likely N-dealkylation sites (tertiary alicyclic amines) is 2. The van der Waals surface area contributed by atoms with Crippen molar-refractivity contribution in [1.29, 1.82) is 0 Å². The molecule has 3 heterocycles. The number of sulfonamides is 1. The number of amides is 4. The summed E-state index contributed by atoms with van der Waals surface area (Å²) in [6, 6.07) is 13.0. The minimum Gasteiger partial charge on any atom is -0.453 e. The lowest BCUT2D eigenvalue weighted by atomic mass is 9.77. The molecule has 55 heavy (non-hydrogen) atoms. The number of fused-ring (bicyclic) bond motifs is 2. The zero-order valence-electron chi connectivity index (χ0n) is 31.7. The first-order valence-corrected chi connectivity index (χ1v) is 20.8. The summed E-state index contributed by atoms with van der Waals surface area (Å²) in [5.41, 5.74) is -1.08. The Kier molecular flexibility index (Phi) is 10.3. The van der Waals surface area contributed by atoms with Crippen LogP contribution in [0, 0.1) is 22.7 Å². The molecular formula is C41H50N4O9S. The maximum absolute atomic E-state index is 14.8. The van der Waals surface area contributed by atoms with E-state index in [0.717, 1.165) is 19.3 Å². The molecule has 5 aliphatic rings. The summed E-state index contributed by atoms with van der Waals surface area (Å²) in [4.78, 5) is 75.2. The van der Waals surface area contributed by atoms with Gasteiger partial charge in [-0.3, -0.25) is 23.9 Å². The highest BCUT2D eigenvalue weighted by atomic mass is 32.2. The van der Waals surface area contributed by atoms with Crippen molar-refractivity contribution in [1.82, 2.24) is 14.5 Å². The molecule has 1 N–H and O–H groups in total. The number of nitrogens with zero attached hydrogens (tertiary/aromatic N) is 3. The highest BCUT2D eigenvalue weighted by molar-refractivity contribution is 7.90. The Morgan fingerprint density at radius 2 is 1.60 bits per heavy atom. The highest BCUT2D eigenvalue weighted by Crippen LogP contribution is 2.57. The molecule has 0 aromatic heterocycles. The third-order valence-electron chi connectivity index (χ3n) is 11.8.